The Morgan fingerprint density at radius 2 is 1.85 bits per heavy atom. The van der Waals surface area contributed by atoms with Gasteiger partial charge >= 0.3 is 12.2 Å². The van der Waals surface area contributed by atoms with Gasteiger partial charge in [0, 0.05) is 13.1 Å². The predicted molar refractivity (Wildman–Crippen MR) is 115 cm³/mol. The summed E-state index contributed by atoms with van der Waals surface area (Å²) in [5.74, 6) is 0. The van der Waals surface area contributed by atoms with Crippen molar-refractivity contribution in [3.05, 3.63) is 70.8 Å². The van der Waals surface area contributed by atoms with Gasteiger partial charge in [-0.25, -0.2) is 9.18 Å². The average Bonchev–Trinajstić information content (AvgIpc) is 3.18. The van der Waals surface area contributed by atoms with Crippen molar-refractivity contribution in [3.8, 4) is 0 Å². The topological polar surface area (TPSA) is 62.4 Å². The summed E-state index contributed by atoms with van der Waals surface area (Å²) in [6.45, 7) is 1.94. The van der Waals surface area contributed by atoms with Crippen LogP contribution in [0.2, 0.25) is 0 Å². The third-order valence-corrected chi connectivity index (χ3v) is 6.63. The van der Waals surface area contributed by atoms with Gasteiger partial charge in [0.05, 0.1) is 29.4 Å². The molecule has 0 aromatic heterocycles. The molecule has 2 amide bonds. The minimum absolute atomic E-state index is 0.0322. The number of halogens is 4. The summed E-state index contributed by atoms with van der Waals surface area (Å²) < 4.78 is 59.1. The minimum Gasteiger partial charge on any atom is -0.372 e. The van der Waals surface area contributed by atoms with Crippen LogP contribution in [0.3, 0.4) is 0 Å². The Morgan fingerprint density at radius 3 is 2.42 bits per heavy atom. The lowest BCUT2D eigenvalue weighted by molar-refractivity contribution is -0.137. The first-order chi connectivity index (χ1) is 15.6. The van der Waals surface area contributed by atoms with Crippen molar-refractivity contribution in [3.63, 3.8) is 0 Å². The zero-order valence-corrected chi connectivity index (χ0v) is 18.3. The summed E-state index contributed by atoms with van der Waals surface area (Å²) in [6.07, 6.45) is -3.88. The SMILES string of the molecule is CC(OC[C@@]1(c2ccccc2)CC[C@@]2(CNC(=O)N2)CN1)c1cc(CF)cc(C(F)(F)F)c1. The van der Waals surface area contributed by atoms with Gasteiger partial charge in [0.25, 0.3) is 0 Å². The number of ether oxygens (including phenoxy) is 1. The Hall–Kier alpha value is -2.65. The molecule has 1 unspecified atom stereocenters. The second kappa shape index (κ2) is 8.95. The zero-order chi connectivity index (χ0) is 23.7. The maximum Gasteiger partial charge on any atom is 0.416 e. The van der Waals surface area contributed by atoms with Crippen LogP contribution in [0, 0.1) is 0 Å². The van der Waals surface area contributed by atoms with Crippen LogP contribution in [0.25, 0.3) is 0 Å². The fraction of sp³-hybridized carbons (Fsp3) is 0.458. The molecule has 0 radical (unpaired) electrons. The van der Waals surface area contributed by atoms with E-state index in [2.05, 4.69) is 16.0 Å². The Kier molecular flexibility index (Phi) is 6.37. The lowest BCUT2D eigenvalue weighted by Crippen LogP contribution is -2.63. The molecule has 2 heterocycles. The number of piperidine rings is 1. The Balaban J connectivity index is 1.54. The normalized spacial score (nSPS) is 26.2. The molecule has 2 aliphatic rings. The molecular formula is C24H27F4N3O2. The molecule has 9 heteroatoms. The van der Waals surface area contributed by atoms with Crippen molar-refractivity contribution in [2.75, 3.05) is 19.7 Å². The van der Waals surface area contributed by atoms with Gasteiger partial charge < -0.3 is 20.7 Å². The Morgan fingerprint density at radius 1 is 1.09 bits per heavy atom. The van der Waals surface area contributed by atoms with Crippen molar-refractivity contribution in [1.29, 1.82) is 0 Å². The van der Waals surface area contributed by atoms with Crippen molar-refractivity contribution < 1.29 is 27.1 Å². The molecule has 178 valence electrons. The number of carbonyl (C=O) groups is 1. The minimum atomic E-state index is -4.57. The zero-order valence-electron chi connectivity index (χ0n) is 18.3. The van der Waals surface area contributed by atoms with E-state index >= 15 is 0 Å². The van der Waals surface area contributed by atoms with Gasteiger partial charge in [-0.15, -0.1) is 0 Å². The van der Waals surface area contributed by atoms with Gasteiger partial charge in [0.2, 0.25) is 0 Å². The number of hydrogen-bond donors (Lipinski definition) is 3. The van der Waals surface area contributed by atoms with E-state index in [0.717, 1.165) is 17.7 Å². The maximum absolute atomic E-state index is 13.3. The molecular weight excluding hydrogens is 438 g/mol. The van der Waals surface area contributed by atoms with Crippen LogP contribution in [0.4, 0.5) is 22.4 Å². The first-order valence-electron chi connectivity index (χ1n) is 10.9. The van der Waals surface area contributed by atoms with E-state index in [1.165, 1.54) is 6.07 Å². The molecule has 2 aromatic rings. The second-order valence-corrected chi connectivity index (χ2v) is 8.94. The molecule has 3 atom stereocenters. The lowest BCUT2D eigenvalue weighted by atomic mass is 9.76. The van der Waals surface area contributed by atoms with Gasteiger partial charge in [0.1, 0.15) is 6.67 Å². The van der Waals surface area contributed by atoms with Crippen LogP contribution in [0.15, 0.2) is 48.5 Å². The maximum atomic E-state index is 13.3. The number of amides is 2. The van der Waals surface area contributed by atoms with Gasteiger partial charge in [-0.2, -0.15) is 13.2 Å². The van der Waals surface area contributed by atoms with Gasteiger partial charge in [-0.1, -0.05) is 36.4 Å². The fourth-order valence-corrected chi connectivity index (χ4v) is 4.57. The van der Waals surface area contributed by atoms with Crippen molar-refractivity contribution in [2.24, 2.45) is 0 Å². The molecule has 2 fully saturated rings. The van der Waals surface area contributed by atoms with E-state index < -0.39 is 30.1 Å². The van der Waals surface area contributed by atoms with Gasteiger partial charge in [-0.05, 0) is 48.6 Å². The van der Waals surface area contributed by atoms with Crippen molar-refractivity contribution in [2.45, 2.75) is 49.8 Å². The molecule has 0 saturated carbocycles. The third-order valence-electron chi connectivity index (χ3n) is 6.63. The van der Waals surface area contributed by atoms with E-state index in [4.69, 9.17) is 4.74 Å². The molecule has 0 bridgehead atoms. The summed E-state index contributed by atoms with van der Waals surface area (Å²) >= 11 is 0. The highest BCUT2D eigenvalue weighted by atomic mass is 19.4. The second-order valence-electron chi connectivity index (χ2n) is 8.94. The molecule has 2 saturated heterocycles. The van der Waals surface area contributed by atoms with E-state index in [0.29, 0.717) is 25.9 Å². The highest BCUT2D eigenvalue weighted by molar-refractivity contribution is 5.77. The highest BCUT2D eigenvalue weighted by Crippen LogP contribution is 2.37. The molecule has 2 aliphatic heterocycles. The first-order valence-corrected chi connectivity index (χ1v) is 10.9. The lowest BCUT2D eigenvalue weighted by Gasteiger charge is -2.46. The molecule has 33 heavy (non-hydrogen) atoms. The van der Waals surface area contributed by atoms with E-state index in [9.17, 15) is 22.4 Å². The largest absolute Gasteiger partial charge is 0.416 e. The van der Waals surface area contributed by atoms with Crippen LogP contribution in [0.5, 0.6) is 0 Å². The number of benzene rings is 2. The third kappa shape index (κ3) is 4.99. The summed E-state index contributed by atoms with van der Waals surface area (Å²) in [6, 6.07) is 12.8. The summed E-state index contributed by atoms with van der Waals surface area (Å²) in [4.78, 5) is 11.7. The van der Waals surface area contributed by atoms with Gasteiger partial charge in [0.15, 0.2) is 0 Å². The van der Waals surface area contributed by atoms with Crippen LogP contribution in [0.1, 0.15) is 48.1 Å². The standard InChI is InChI=1S/C24H27F4N3O2/c1-16(18-9-17(12-25)10-20(11-18)24(26,27)28)33-15-23(19-5-3-2-4-6-19)8-7-22(14-30-23)13-29-21(32)31-22/h2-6,9-11,16,30H,7-8,12-15H2,1H3,(H2,29,31,32)/t16?,22-,23-/m1/s1. The number of carbonyl (C=O) groups excluding carboxylic acids is 1. The van der Waals surface area contributed by atoms with Crippen LogP contribution >= 0.6 is 0 Å². The molecule has 1 spiro atoms. The summed E-state index contributed by atoms with van der Waals surface area (Å²) in [5.41, 5.74) is -0.590. The smallest absolute Gasteiger partial charge is 0.372 e. The first kappa shape index (κ1) is 23.5. The fourth-order valence-electron chi connectivity index (χ4n) is 4.57. The Bertz CT molecular complexity index is 989. The molecule has 0 aliphatic carbocycles. The van der Waals surface area contributed by atoms with E-state index in [-0.39, 0.29) is 29.3 Å². The number of urea groups is 1. The molecule has 2 aromatic carbocycles. The van der Waals surface area contributed by atoms with Crippen LogP contribution < -0.4 is 16.0 Å². The van der Waals surface area contributed by atoms with Crippen molar-refractivity contribution in [1.82, 2.24) is 16.0 Å². The average molecular weight is 465 g/mol. The summed E-state index contributed by atoms with van der Waals surface area (Å²) in [7, 11) is 0. The van der Waals surface area contributed by atoms with E-state index in [1.807, 2.05) is 30.3 Å². The molecule has 3 N–H and O–H groups in total. The number of hydrogen-bond acceptors (Lipinski definition) is 3. The van der Waals surface area contributed by atoms with Crippen LogP contribution in [-0.2, 0) is 23.1 Å². The number of rotatable bonds is 6. The number of nitrogens with one attached hydrogen (secondary N) is 3. The summed E-state index contributed by atoms with van der Waals surface area (Å²) in [5, 5.41) is 9.34. The van der Waals surface area contributed by atoms with Crippen LogP contribution in [-0.4, -0.2) is 31.3 Å². The predicted octanol–water partition coefficient (Wildman–Crippen LogP) is 4.58. The quantitative estimate of drug-likeness (QED) is 0.548. The van der Waals surface area contributed by atoms with Gasteiger partial charge in [-0.3, -0.25) is 0 Å². The highest BCUT2D eigenvalue weighted by Gasteiger charge is 2.47. The van der Waals surface area contributed by atoms with Crippen molar-refractivity contribution >= 4 is 6.03 Å². The molecule has 5 nitrogen and oxygen atoms in total. The monoisotopic (exact) mass is 465 g/mol. The Labute approximate surface area is 189 Å². The molecule has 4 rings (SSSR count). The van der Waals surface area contributed by atoms with E-state index in [1.54, 1.807) is 6.92 Å². The number of alkyl halides is 4.